The Balaban J connectivity index is 2.87. The molecule has 0 amide bonds. The SMILES string of the molecule is COCc1csc(C(C)S(C)(=O)=O)n1. The van der Waals surface area contributed by atoms with E-state index >= 15 is 0 Å². The highest BCUT2D eigenvalue weighted by molar-refractivity contribution is 7.91. The molecule has 1 rings (SSSR count). The fourth-order valence-electron chi connectivity index (χ4n) is 0.907. The maximum atomic E-state index is 11.2. The van der Waals surface area contributed by atoms with Gasteiger partial charge in [-0.3, -0.25) is 0 Å². The molecule has 0 fully saturated rings. The number of nitrogens with zero attached hydrogens (tertiary/aromatic N) is 1. The molecule has 0 aliphatic carbocycles. The highest BCUT2D eigenvalue weighted by Crippen LogP contribution is 2.24. The topological polar surface area (TPSA) is 56.3 Å². The van der Waals surface area contributed by atoms with Crippen LogP contribution in [0, 0.1) is 0 Å². The molecule has 4 nitrogen and oxygen atoms in total. The van der Waals surface area contributed by atoms with E-state index in [2.05, 4.69) is 4.98 Å². The predicted molar refractivity (Wildman–Crippen MR) is 56.1 cm³/mol. The van der Waals surface area contributed by atoms with Crippen LogP contribution in [0.1, 0.15) is 22.9 Å². The Morgan fingerprint density at radius 1 is 1.64 bits per heavy atom. The van der Waals surface area contributed by atoms with E-state index in [1.165, 1.54) is 17.6 Å². The third kappa shape index (κ3) is 2.76. The van der Waals surface area contributed by atoms with Crippen molar-refractivity contribution in [2.75, 3.05) is 13.4 Å². The summed E-state index contributed by atoms with van der Waals surface area (Å²) in [7, 11) is -1.47. The zero-order chi connectivity index (χ0) is 10.8. The van der Waals surface area contributed by atoms with E-state index < -0.39 is 15.1 Å². The minimum absolute atomic E-state index is 0.424. The molecule has 0 spiro atoms. The van der Waals surface area contributed by atoms with Gasteiger partial charge in [0.25, 0.3) is 0 Å². The second kappa shape index (κ2) is 4.37. The van der Waals surface area contributed by atoms with Gasteiger partial charge in [-0.15, -0.1) is 11.3 Å². The molecular weight excluding hydrogens is 222 g/mol. The number of methoxy groups -OCH3 is 1. The highest BCUT2D eigenvalue weighted by Gasteiger charge is 2.20. The van der Waals surface area contributed by atoms with Crippen molar-refractivity contribution in [1.82, 2.24) is 4.98 Å². The van der Waals surface area contributed by atoms with Crippen LogP contribution < -0.4 is 0 Å². The lowest BCUT2D eigenvalue weighted by Gasteiger charge is -2.03. The molecule has 0 N–H and O–H groups in total. The molecule has 0 saturated heterocycles. The van der Waals surface area contributed by atoms with Crippen molar-refractivity contribution in [3.05, 3.63) is 16.1 Å². The normalized spacial score (nSPS) is 14.2. The zero-order valence-electron chi connectivity index (χ0n) is 8.35. The quantitative estimate of drug-likeness (QED) is 0.791. The molecule has 1 unspecified atom stereocenters. The number of hydrogen-bond donors (Lipinski definition) is 0. The second-order valence-electron chi connectivity index (χ2n) is 3.08. The van der Waals surface area contributed by atoms with Crippen molar-refractivity contribution in [1.29, 1.82) is 0 Å². The van der Waals surface area contributed by atoms with Gasteiger partial charge in [0, 0.05) is 18.7 Å². The summed E-state index contributed by atoms with van der Waals surface area (Å²) in [6.45, 7) is 2.07. The van der Waals surface area contributed by atoms with E-state index in [0.717, 1.165) is 5.69 Å². The summed E-state index contributed by atoms with van der Waals surface area (Å²) in [5, 5.41) is 1.92. The minimum atomic E-state index is -3.05. The maximum Gasteiger partial charge on any atom is 0.156 e. The van der Waals surface area contributed by atoms with Crippen LogP contribution in [-0.2, 0) is 21.2 Å². The van der Waals surface area contributed by atoms with Crippen LogP contribution in [0.3, 0.4) is 0 Å². The van der Waals surface area contributed by atoms with Crippen molar-refractivity contribution >= 4 is 21.2 Å². The van der Waals surface area contributed by atoms with E-state index in [0.29, 0.717) is 11.6 Å². The molecule has 1 atom stereocenters. The number of sulfone groups is 1. The van der Waals surface area contributed by atoms with Crippen LogP contribution in [0.25, 0.3) is 0 Å². The van der Waals surface area contributed by atoms with Gasteiger partial charge in [-0.25, -0.2) is 13.4 Å². The Morgan fingerprint density at radius 3 is 2.79 bits per heavy atom. The Morgan fingerprint density at radius 2 is 2.29 bits per heavy atom. The molecule has 6 heteroatoms. The fraction of sp³-hybridized carbons (Fsp3) is 0.625. The number of hydrogen-bond acceptors (Lipinski definition) is 5. The molecule has 14 heavy (non-hydrogen) atoms. The van der Waals surface area contributed by atoms with Crippen LogP contribution >= 0.6 is 11.3 Å². The van der Waals surface area contributed by atoms with Crippen LogP contribution in [-0.4, -0.2) is 26.8 Å². The summed E-state index contributed by atoms with van der Waals surface area (Å²) in [5.74, 6) is 0. The summed E-state index contributed by atoms with van der Waals surface area (Å²) >= 11 is 1.35. The van der Waals surface area contributed by atoms with E-state index in [1.54, 1.807) is 14.0 Å². The molecule has 0 saturated carbocycles. The van der Waals surface area contributed by atoms with Crippen LogP contribution in [0.2, 0.25) is 0 Å². The summed E-state index contributed by atoms with van der Waals surface area (Å²) in [5.41, 5.74) is 0.781. The lowest BCUT2D eigenvalue weighted by atomic mass is 10.5. The smallest absolute Gasteiger partial charge is 0.156 e. The largest absolute Gasteiger partial charge is 0.378 e. The van der Waals surface area contributed by atoms with Crippen molar-refractivity contribution in [3.8, 4) is 0 Å². The van der Waals surface area contributed by atoms with Gasteiger partial charge in [0.2, 0.25) is 0 Å². The van der Waals surface area contributed by atoms with Crippen LogP contribution in [0.4, 0.5) is 0 Å². The minimum Gasteiger partial charge on any atom is -0.378 e. The van der Waals surface area contributed by atoms with Crippen LogP contribution in [0.5, 0.6) is 0 Å². The first-order valence-electron chi connectivity index (χ1n) is 4.07. The van der Waals surface area contributed by atoms with E-state index in [9.17, 15) is 8.42 Å². The van der Waals surface area contributed by atoms with Gasteiger partial charge < -0.3 is 4.74 Å². The standard InChI is InChI=1S/C8H13NO3S2/c1-6(14(3,10)11)8-9-7(4-12-2)5-13-8/h5-6H,4H2,1-3H3. The maximum absolute atomic E-state index is 11.2. The van der Waals surface area contributed by atoms with Crippen molar-refractivity contribution < 1.29 is 13.2 Å². The first kappa shape index (κ1) is 11.6. The summed E-state index contributed by atoms with van der Waals surface area (Å²) in [4.78, 5) is 4.18. The van der Waals surface area contributed by atoms with Crippen molar-refractivity contribution in [2.24, 2.45) is 0 Å². The lowest BCUT2D eigenvalue weighted by molar-refractivity contribution is 0.182. The molecule has 0 aliphatic heterocycles. The molecule has 0 aromatic carbocycles. The molecule has 0 bridgehead atoms. The van der Waals surface area contributed by atoms with Gasteiger partial charge in [0.1, 0.15) is 10.3 Å². The third-order valence-corrected chi connectivity index (χ3v) is 4.58. The van der Waals surface area contributed by atoms with Crippen molar-refractivity contribution in [3.63, 3.8) is 0 Å². The second-order valence-corrected chi connectivity index (χ2v) is 6.34. The summed E-state index contributed by atoms with van der Waals surface area (Å²) in [6, 6.07) is 0. The molecule has 0 aliphatic rings. The van der Waals surface area contributed by atoms with Gasteiger partial charge in [0.15, 0.2) is 9.84 Å². The monoisotopic (exact) mass is 235 g/mol. The number of thiazole rings is 1. The number of aromatic nitrogens is 1. The van der Waals surface area contributed by atoms with Gasteiger partial charge in [-0.05, 0) is 6.92 Å². The molecule has 1 heterocycles. The van der Waals surface area contributed by atoms with E-state index in [4.69, 9.17) is 4.74 Å². The summed E-state index contributed by atoms with van der Waals surface area (Å²) < 4.78 is 27.4. The number of rotatable bonds is 4. The molecule has 0 radical (unpaired) electrons. The lowest BCUT2D eigenvalue weighted by Crippen LogP contribution is -2.07. The zero-order valence-corrected chi connectivity index (χ0v) is 9.98. The molecule has 1 aromatic heterocycles. The Bertz CT molecular complexity index is 396. The van der Waals surface area contributed by atoms with E-state index in [1.807, 2.05) is 5.38 Å². The Kier molecular flexibility index (Phi) is 3.63. The molecular formula is C8H13NO3S2. The Hall–Kier alpha value is -0.460. The van der Waals surface area contributed by atoms with E-state index in [-0.39, 0.29) is 0 Å². The van der Waals surface area contributed by atoms with Gasteiger partial charge in [0.05, 0.1) is 12.3 Å². The first-order chi connectivity index (χ1) is 6.45. The van der Waals surface area contributed by atoms with Gasteiger partial charge >= 0.3 is 0 Å². The molecule has 1 aromatic rings. The summed E-state index contributed by atoms with van der Waals surface area (Å²) in [6.07, 6.45) is 1.22. The van der Waals surface area contributed by atoms with Crippen LogP contribution in [0.15, 0.2) is 5.38 Å². The fourth-order valence-corrected chi connectivity index (χ4v) is 2.76. The van der Waals surface area contributed by atoms with Gasteiger partial charge in [-0.2, -0.15) is 0 Å². The highest BCUT2D eigenvalue weighted by atomic mass is 32.2. The third-order valence-electron chi connectivity index (χ3n) is 1.85. The molecule has 80 valence electrons. The number of ether oxygens (including phenoxy) is 1. The average Bonchev–Trinajstić information content (AvgIpc) is 2.50. The van der Waals surface area contributed by atoms with Gasteiger partial charge in [-0.1, -0.05) is 0 Å². The average molecular weight is 235 g/mol. The first-order valence-corrected chi connectivity index (χ1v) is 6.90. The predicted octanol–water partition coefficient (Wildman–Crippen LogP) is 1.40. The Labute approximate surface area is 87.9 Å². The van der Waals surface area contributed by atoms with Crippen molar-refractivity contribution in [2.45, 2.75) is 18.8 Å².